The van der Waals surface area contributed by atoms with E-state index in [-0.39, 0.29) is 17.7 Å². The minimum absolute atomic E-state index is 0.0610. The Morgan fingerprint density at radius 1 is 1.23 bits per heavy atom. The van der Waals surface area contributed by atoms with Gasteiger partial charge in [0.05, 0.1) is 17.0 Å². The van der Waals surface area contributed by atoms with Crippen LogP contribution in [0.4, 0.5) is 4.39 Å². The second kappa shape index (κ2) is 8.64. The summed E-state index contributed by atoms with van der Waals surface area (Å²) in [5.41, 5.74) is 2.22. The molecule has 2 aromatic rings. The van der Waals surface area contributed by atoms with Gasteiger partial charge in [-0.15, -0.1) is 0 Å². The summed E-state index contributed by atoms with van der Waals surface area (Å²) in [6, 6.07) is 4.34. The summed E-state index contributed by atoms with van der Waals surface area (Å²) in [4.78, 5) is 26.4. The molecule has 0 saturated carbocycles. The Morgan fingerprint density at radius 2 is 1.94 bits per heavy atom. The zero-order chi connectivity index (χ0) is 22.3. The molecule has 5 nitrogen and oxygen atoms in total. The lowest BCUT2D eigenvalue weighted by Crippen LogP contribution is -2.28. The van der Waals surface area contributed by atoms with Gasteiger partial charge in [-0.2, -0.15) is 0 Å². The van der Waals surface area contributed by atoms with Crippen LogP contribution >= 0.6 is 11.8 Å². The Morgan fingerprint density at radius 3 is 2.61 bits per heavy atom. The first-order valence-corrected chi connectivity index (χ1v) is 12.5. The fraction of sp³-hybridized carbons (Fsp3) is 0.478. The number of ketones is 1. The summed E-state index contributed by atoms with van der Waals surface area (Å²) in [5, 5.41) is 0. The number of hydrogen-bond donors (Lipinski definition) is 0. The Hall–Kier alpha value is -1.77. The molecule has 0 N–H and O–H groups in total. The number of hydrogen-bond acceptors (Lipinski definition) is 4. The van der Waals surface area contributed by atoms with Gasteiger partial charge in [-0.1, -0.05) is 25.6 Å². The summed E-state index contributed by atoms with van der Waals surface area (Å²) in [6.07, 6.45) is 3.96. The van der Waals surface area contributed by atoms with Gasteiger partial charge in [0.15, 0.2) is 5.78 Å². The van der Waals surface area contributed by atoms with E-state index in [2.05, 4.69) is 13.8 Å². The molecular formula is C23H27FN2O3S2. The lowest BCUT2D eigenvalue weighted by atomic mass is 9.76. The maximum absolute atomic E-state index is 14.1. The number of aromatic nitrogens is 1. The summed E-state index contributed by atoms with van der Waals surface area (Å²) in [7, 11) is -1.46. The van der Waals surface area contributed by atoms with Crippen LogP contribution in [0.1, 0.15) is 54.9 Å². The van der Waals surface area contributed by atoms with Crippen LogP contribution in [0.3, 0.4) is 0 Å². The molecule has 1 aromatic carbocycles. The average molecular weight is 463 g/mol. The molecule has 1 saturated heterocycles. The van der Waals surface area contributed by atoms with Crippen molar-refractivity contribution in [1.29, 1.82) is 0 Å². The van der Waals surface area contributed by atoms with Crippen LogP contribution in [0.5, 0.6) is 0 Å². The molecule has 0 amide bonds. The van der Waals surface area contributed by atoms with E-state index in [1.54, 1.807) is 6.07 Å². The molecule has 2 heterocycles. The second-order valence-electron chi connectivity index (χ2n) is 9.03. The van der Waals surface area contributed by atoms with Crippen molar-refractivity contribution >= 4 is 34.8 Å². The molecule has 0 bridgehead atoms. The lowest BCUT2D eigenvalue weighted by Gasteiger charge is -2.29. The molecule has 1 aromatic heterocycles. The van der Waals surface area contributed by atoms with Crippen LogP contribution < -0.4 is 0 Å². The fourth-order valence-corrected chi connectivity index (χ4v) is 7.30. The molecule has 1 atom stereocenters. The van der Waals surface area contributed by atoms with Crippen molar-refractivity contribution in [2.75, 3.05) is 13.1 Å². The van der Waals surface area contributed by atoms with Crippen LogP contribution in [0.25, 0.3) is 0 Å². The van der Waals surface area contributed by atoms with Gasteiger partial charge < -0.3 is 9.36 Å². The van der Waals surface area contributed by atoms with Crippen molar-refractivity contribution < 1.29 is 18.2 Å². The molecule has 1 fully saturated rings. The number of aldehydes is 1. The van der Waals surface area contributed by atoms with Gasteiger partial charge in [-0.3, -0.25) is 4.79 Å². The number of fused-ring (bicyclic) bond motifs is 1. The van der Waals surface area contributed by atoms with E-state index in [0.29, 0.717) is 28.2 Å². The van der Waals surface area contributed by atoms with E-state index in [1.165, 1.54) is 23.9 Å². The Bertz CT molecular complexity index is 1070. The Labute approximate surface area is 189 Å². The standard InChI is InChI=1S/C23H27FN2O3S2/c1-15-22(21-17(26(15)10-11-27)13-23(2,3)14-18(21)28)30-19-7-6-16(24)12-20(19)31(29)25-8-4-5-9-25/h6-7,11-12H,4-5,8-10,13-14H2,1-3H3. The summed E-state index contributed by atoms with van der Waals surface area (Å²) in [5.74, 6) is -0.368. The van der Waals surface area contributed by atoms with Crippen molar-refractivity contribution in [3.8, 4) is 0 Å². The zero-order valence-corrected chi connectivity index (χ0v) is 19.7. The van der Waals surface area contributed by atoms with Crippen molar-refractivity contribution in [1.82, 2.24) is 8.87 Å². The van der Waals surface area contributed by atoms with Gasteiger partial charge in [0.1, 0.15) is 23.1 Å². The van der Waals surface area contributed by atoms with Gasteiger partial charge in [0, 0.05) is 40.7 Å². The number of carbonyl (C=O) groups excluding carboxylic acids is 2. The van der Waals surface area contributed by atoms with Crippen molar-refractivity contribution in [2.24, 2.45) is 5.41 Å². The molecular weight excluding hydrogens is 435 g/mol. The first-order valence-electron chi connectivity index (χ1n) is 10.5. The van der Waals surface area contributed by atoms with E-state index in [0.717, 1.165) is 48.5 Å². The maximum atomic E-state index is 14.1. The highest BCUT2D eigenvalue weighted by molar-refractivity contribution is 8.00. The molecule has 2 aliphatic rings. The highest BCUT2D eigenvalue weighted by Crippen LogP contribution is 2.45. The normalized spacial score (nSPS) is 19.4. The predicted molar refractivity (Wildman–Crippen MR) is 119 cm³/mol. The Balaban J connectivity index is 1.80. The molecule has 1 aliphatic heterocycles. The molecule has 0 spiro atoms. The first kappa shape index (κ1) is 22.4. The maximum Gasteiger partial charge on any atom is 0.166 e. The summed E-state index contributed by atoms with van der Waals surface area (Å²) in [6.45, 7) is 7.67. The van der Waals surface area contributed by atoms with Gasteiger partial charge in [-0.05, 0) is 49.8 Å². The Kier molecular flexibility index (Phi) is 6.25. The second-order valence-corrected chi connectivity index (χ2v) is 11.5. The van der Waals surface area contributed by atoms with Crippen LogP contribution in [0.15, 0.2) is 32.9 Å². The average Bonchev–Trinajstić information content (AvgIpc) is 3.31. The van der Waals surface area contributed by atoms with Gasteiger partial charge in [-0.25, -0.2) is 12.9 Å². The fourth-order valence-electron chi connectivity index (χ4n) is 4.53. The first-order chi connectivity index (χ1) is 14.7. The van der Waals surface area contributed by atoms with Crippen LogP contribution in [-0.2, 0) is 28.7 Å². The van der Waals surface area contributed by atoms with Crippen LogP contribution in [0.2, 0.25) is 0 Å². The molecule has 4 rings (SSSR count). The zero-order valence-electron chi connectivity index (χ0n) is 18.1. The smallest absolute Gasteiger partial charge is 0.166 e. The number of Topliss-reactive ketones (excluding diaryl/α,β-unsaturated/α-hetero) is 1. The molecule has 31 heavy (non-hydrogen) atoms. The SMILES string of the molecule is Cc1c(Sc2ccc(F)cc2S(=O)N2CCCC2)c2c(n1CC=O)CC(C)(C)CC2=O. The largest absolute Gasteiger partial charge is 0.340 e. The highest BCUT2D eigenvalue weighted by Gasteiger charge is 2.37. The third-order valence-corrected chi connectivity index (χ3v) is 8.96. The quantitative estimate of drug-likeness (QED) is 0.591. The minimum atomic E-state index is -1.46. The lowest BCUT2D eigenvalue weighted by molar-refractivity contribution is -0.108. The number of nitrogens with zero attached hydrogens (tertiary/aromatic N) is 2. The highest BCUT2D eigenvalue weighted by atomic mass is 32.2. The van der Waals surface area contributed by atoms with Crippen molar-refractivity contribution in [3.05, 3.63) is 41.0 Å². The van der Waals surface area contributed by atoms with Crippen molar-refractivity contribution in [2.45, 2.75) is 67.7 Å². The van der Waals surface area contributed by atoms with E-state index in [9.17, 15) is 18.2 Å². The molecule has 1 aliphatic carbocycles. The minimum Gasteiger partial charge on any atom is -0.340 e. The van der Waals surface area contributed by atoms with E-state index in [1.807, 2.05) is 15.8 Å². The molecule has 166 valence electrons. The molecule has 0 radical (unpaired) electrons. The summed E-state index contributed by atoms with van der Waals surface area (Å²) >= 11 is 1.36. The van der Waals surface area contributed by atoms with Crippen LogP contribution in [0, 0.1) is 18.2 Å². The number of rotatable bonds is 6. The molecule has 1 unspecified atom stereocenters. The van der Waals surface area contributed by atoms with E-state index < -0.39 is 16.8 Å². The van der Waals surface area contributed by atoms with Gasteiger partial charge in [0.2, 0.25) is 0 Å². The number of halogens is 1. The van der Waals surface area contributed by atoms with Gasteiger partial charge >= 0.3 is 0 Å². The summed E-state index contributed by atoms with van der Waals surface area (Å²) < 4.78 is 31.0. The third-order valence-electron chi connectivity index (χ3n) is 6.00. The van der Waals surface area contributed by atoms with E-state index >= 15 is 0 Å². The number of benzene rings is 1. The van der Waals surface area contributed by atoms with Crippen LogP contribution in [-0.4, -0.2) is 38.2 Å². The predicted octanol–water partition coefficient (Wildman–Crippen LogP) is 4.56. The third kappa shape index (κ3) is 4.30. The number of carbonyl (C=O) groups is 2. The monoisotopic (exact) mass is 462 g/mol. The van der Waals surface area contributed by atoms with Gasteiger partial charge in [0.25, 0.3) is 0 Å². The molecule has 8 heteroatoms. The van der Waals surface area contributed by atoms with E-state index in [4.69, 9.17) is 0 Å². The topological polar surface area (TPSA) is 59.4 Å². The van der Waals surface area contributed by atoms with Crippen molar-refractivity contribution in [3.63, 3.8) is 0 Å².